The highest BCUT2D eigenvalue weighted by atomic mass is 16.5. The zero-order chi connectivity index (χ0) is 18.1. The minimum Gasteiger partial charge on any atom is -0.381 e. The van der Waals surface area contributed by atoms with Crippen LogP contribution in [0.15, 0.2) is 4.99 Å². The maximum atomic E-state index is 12.7. The number of likely N-dealkylation sites (N-methyl/N-ethyl adjacent to an activating group) is 2. The number of amidine groups is 2. The van der Waals surface area contributed by atoms with Crippen molar-refractivity contribution in [3.05, 3.63) is 0 Å². The van der Waals surface area contributed by atoms with E-state index in [0.717, 1.165) is 12.4 Å². The van der Waals surface area contributed by atoms with Crippen LogP contribution in [-0.2, 0) is 9.53 Å². The number of hydrogen-bond donors (Lipinski definition) is 0. The zero-order valence-electron chi connectivity index (χ0n) is 15.6. The SMILES string of the molecule is COCC[N+]1=C(CN2CCCCC2C)N=C2C1C(=O)N(C)C(=O)N2C. The van der Waals surface area contributed by atoms with Gasteiger partial charge >= 0.3 is 11.9 Å². The Labute approximate surface area is 148 Å². The van der Waals surface area contributed by atoms with Crippen LogP contribution >= 0.6 is 0 Å². The van der Waals surface area contributed by atoms with E-state index < -0.39 is 6.04 Å². The molecule has 8 nitrogen and oxygen atoms in total. The van der Waals surface area contributed by atoms with E-state index >= 15 is 0 Å². The molecule has 3 amide bonds. The van der Waals surface area contributed by atoms with Crippen molar-refractivity contribution in [2.24, 2.45) is 4.99 Å². The number of ether oxygens (including phenoxy) is 1. The molecule has 3 aliphatic heterocycles. The summed E-state index contributed by atoms with van der Waals surface area (Å²) in [4.78, 5) is 34.7. The van der Waals surface area contributed by atoms with Crippen LogP contribution in [0.5, 0.6) is 0 Å². The van der Waals surface area contributed by atoms with Gasteiger partial charge in [-0.05, 0) is 31.3 Å². The summed E-state index contributed by atoms with van der Waals surface area (Å²) >= 11 is 0. The number of aliphatic imine (C=N–C) groups is 1. The number of likely N-dealkylation sites (tertiary alicyclic amines) is 1. The van der Waals surface area contributed by atoms with E-state index in [-0.39, 0.29) is 11.9 Å². The fraction of sp³-hybridized carbons (Fsp3) is 0.765. The summed E-state index contributed by atoms with van der Waals surface area (Å²) in [5, 5.41) is 0. The summed E-state index contributed by atoms with van der Waals surface area (Å²) in [6.07, 6.45) is 3.64. The molecular formula is C17H28N5O3+. The molecule has 138 valence electrons. The lowest BCUT2D eigenvalue weighted by molar-refractivity contribution is -0.538. The van der Waals surface area contributed by atoms with Crippen molar-refractivity contribution in [2.45, 2.75) is 38.3 Å². The Bertz CT molecular complexity index is 630. The Morgan fingerprint density at radius 1 is 1.24 bits per heavy atom. The molecule has 0 N–H and O–H groups in total. The molecule has 0 bridgehead atoms. The quantitative estimate of drug-likeness (QED) is 0.666. The van der Waals surface area contributed by atoms with Gasteiger partial charge < -0.3 is 4.74 Å². The van der Waals surface area contributed by atoms with E-state index in [2.05, 4.69) is 11.8 Å². The number of carbonyl (C=O) groups is 2. The fourth-order valence-electron chi connectivity index (χ4n) is 3.80. The molecule has 8 heteroatoms. The Kier molecular flexibility index (Phi) is 5.19. The van der Waals surface area contributed by atoms with Crippen LogP contribution < -0.4 is 0 Å². The van der Waals surface area contributed by atoms with Gasteiger partial charge in [-0.15, -0.1) is 0 Å². The highest BCUT2D eigenvalue weighted by Crippen LogP contribution is 2.21. The second-order valence-corrected chi connectivity index (χ2v) is 7.03. The first-order valence-corrected chi connectivity index (χ1v) is 8.95. The van der Waals surface area contributed by atoms with Crippen molar-refractivity contribution in [1.29, 1.82) is 0 Å². The molecule has 2 saturated heterocycles. The standard InChI is InChI=1S/C17H28N5O3/c1-12-7-5-6-8-21(12)11-13-18-15-14(22(13)9-10-25-4)16(23)20(3)17(24)19(15)2/h12,14H,5-11H2,1-4H3/q+1. The average Bonchev–Trinajstić information content (AvgIpc) is 2.96. The predicted octanol–water partition coefficient (Wildman–Crippen LogP) is 0.223. The van der Waals surface area contributed by atoms with Crippen molar-refractivity contribution in [1.82, 2.24) is 14.7 Å². The maximum absolute atomic E-state index is 12.7. The largest absolute Gasteiger partial charge is 0.381 e. The van der Waals surface area contributed by atoms with Crippen molar-refractivity contribution in [2.75, 3.05) is 47.4 Å². The molecule has 0 aromatic carbocycles. The van der Waals surface area contributed by atoms with Gasteiger partial charge in [0.15, 0.2) is 0 Å². The van der Waals surface area contributed by atoms with Crippen LogP contribution in [0.2, 0.25) is 0 Å². The zero-order valence-corrected chi connectivity index (χ0v) is 15.6. The van der Waals surface area contributed by atoms with Crippen molar-refractivity contribution < 1.29 is 18.9 Å². The fourth-order valence-corrected chi connectivity index (χ4v) is 3.80. The summed E-state index contributed by atoms with van der Waals surface area (Å²) in [6.45, 7) is 5.06. The third kappa shape index (κ3) is 3.20. The molecule has 0 radical (unpaired) electrons. The maximum Gasteiger partial charge on any atom is 0.333 e. The first-order chi connectivity index (χ1) is 12.0. The molecule has 2 unspecified atom stereocenters. The lowest BCUT2D eigenvalue weighted by Gasteiger charge is -2.32. The van der Waals surface area contributed by atoms with E-state index in [0.29, 0.717) is 31.6 Å². The number of hydrogen-bond acceptors (Lipinski definition) is 5. The molecule has 0 aliphatic carbocycles. The third-order valence-corrected chi connectivity index (χ3v) is 5.43. The van der Waals surface area contributed by atoms with E-state index in [1.165, 1.54) is 36.1 Å². The van der Waals surface area contributed by atoms with Gasteiger partial charge in [0.1, 0.15) is 13.1 Å². The Morgan fingerprint density at radius 2 is 2.00 bits per heavy atom. The number of urea groups is 1. The number of amides is 3. The first-order valence-electron chi connectivity index (χ1n) is 8.95. The number of methoxy groups -OCH3 is 1. The number of fused-ring (bicyclic) bond motifs is 1. The minimum atomic E-state index is -0.530. The van der Waals surface area contributed by atoms with Crippen LogP contribution in [-0.4, -0.2) is 102 Å². The van der Waals surface area contributed by atoms with Gasteiger partial charge in [-0.1, -0.05) is 6.42 Å². The number of imide groups is 1. The first kappa shape index (κ1) is 18.0. The minimum absolute atomic E-state index is 0.223. The van der Waals surface area contributed by atoms with Gasteiger partial charge in [0.25, 0.3) is 17.8 Å². The number of rotatable bonds is 5. The topological polar surface area (TPSA) is 68.5 Å². The average molecular weight is 350 g/mol. The van der Waals surface area contributed by atoms with E-state index in [4.69, 9.17) is 9.73 Å². The Balaban J connectivity index is 1.91. The molecule has 2 atom stereocenters. The van der Waals surface area contributed by atoms with Crippen LogP contribution in [0.4, 0.5) is 4.79 Å². The summed E-state index contributed by atoms with van der Waals surface area (Å²) in [6, 6.07) is -0.358. The molecule has 25 heavy (non-hydrogen) atoms. The van der Waals surface area contributed by atoms with Crippen LogP contribution in [0.3, 0.4) is 0 Å². The van der Waals surface area contributed by atoms with Crippen molar-refractivity contribution >= 4 is 23.6 Å². The molecule has 0 spiro atoms. The van der Waals surface area contributed by atoms with Crippen molar-refractivity contribution in [3.63, 3.8) is 0 Å². The molecule has 2 fully saturated rings. The van der Waals surface area contributed by atoms with Gasteiger partial charge in [0.2, 0.25) is 0 Å². The van der Waals surface area contributed by atoms with E-state index in [1.807, 2.05) is 4.58 Å². The van der Waals surface area contributed by atoms with Gasteiger partial charge in [-0.2, -0.15) is 0 Å². The summed E-state index contributed by atoms with van der Waals surface area (Å²) in [5.41, 5.74) is 0. The lowest BCUT2D eigenvalue weighted by atomic mass is 10.0. The number of piperidine rings is 1. The predicted molar refractivity (Wildman–Crippen MR) is 94.0 cm³/mol. The Morgan fingerprint density at radius 3 is 2.68 bits per heavy atom. The Hall–Kier alpha value is -1.80. The van der Waals surface area contributed by atoms with Gasteiger partial charge in [-0.3, -0.25) is 19.5 Å². The van der Waals surface area contributed by atoms with E-state index in [9.17, 15) is 9.59 Å². The second kappa shape index (κ2) is 7.21. The molecule has 3 heterocycles. The molecule has 0 aromatic rings. The summed E-state index contributed by atoms with van der Waals surface area (Å²) in [5.74, 6) is 1.16. The molecular weight excluding hydrogens is 322 g/mol. The number of carbonyl (C=O) groups excluding carboxylic acids is 2. The van der Waals surface area contributed by atoms with Crippen LogP contribution in [0, 0.1) is 0 Å². The molecule has 3 rings (SSSR count). The van der Waals surface area contributed by atoms with Crippen molar-refractivity contribution in [3.8, 4) is 0 Å². The highest BCUT2D eigenvalue weighted by molar-refractivity contribution is 6.23. The monoisotopic (exact) mass is 350 g/mol. The molecule has 3 aliphatic rings. The lowest BCUT2D eigenvalue weighted by Crippen LogP contribution is -2.61. The normalized spacial score (nSPS) is 27.9. The third-order valence-electron chi connectivity index (χ3n) is 5.43. The van der Waals surface area contributed by atoms with Gasteiger partial charge in [0.05, 0.1) is 6.61 Å². The number of nitrogens with zero attached hydrogens (tertiary/aromatic N) is 5. The smallest absolute Gasteiger partial charge is 0.333 e. The van der Waals surface area contributed by atoms with Crippen LogP contribution in [0.1, 0.15) is 26.2 Å². The summed E-state index contributed by atoms with van der Waals surface area (Å²) in [7, 11) is 4.85. The summed E-state index contributed by atoms with van der Waals surface area (Å²) < 4.78 is 7.23. The highest BCUT2D eigenvalue weighted by Gasteiger charge is 2.53. The van der Waals surface area contributed by atoms with Gasteiger partial charge in [0, 0.05) is 27.2 Å². The molecule has 0 aromatic heterocycles. The van der Waals surface area contributed by atoms with Crippen LogP contribution in [0.25, 0.3) is 0 Å². The van der Waals surface area contributed by atoms with E-state index in [1.54, 1.807) is 14.2 Å². The molecule has 0 saturated carbocycles. The second-order valence-electron chi connectivity index (χ2n) is 7.03. The van der Waals surface area contributed by atoms with Gasteiger partial charge in [-0.25, -0.2) is 9.37 Å².